The fraction of sp³-hybridized carbons (Fsp3) is 0.222. The highest BCUT2D eigenvalue weighted by Gasteiger charge is 2.30. The molecule has 1 aromatic heterocycles. The van der Waals surface area contributed by atoms with E-state index < -0.39 is 0 Å². The molecule has 122 valence electrons. The van der Waals surface area contributed by atoms with Gasteiger partial charge in [-0.05, 0) is 48.7 Å². The first-order valence-electron chi connectivity index (χ1n) is 7.82. The van der Waals surface area contributed by atoms with E-state index in [1.807, 2.05) is 53.1 Å². The molecule has 0 unspecified atom stereocenters. The van der Waals surface area contributed by atoms with Gasteiger partial charge in [0, 0.05) is 21.1 Å². The van der Waals surface area contributed by atoms with Crippen molar-refractivity contribution in [1.29, 1.82) is 0 Å². The molecule has 0 N–H and O–H groups in total. The molecule has 1 saturated carbocycles. The molecule has 1 heterocycles. The lowest BCUT2D eigenvalue weighted by Gasteiger charge is -2.03. The molecule has 6 heteroatoms. The molecule has 1 fully saturated rings. The predicted octanol–water partition coefficient (Wildman–Crippen LogP) is 4.51. The van der Waals surface area contributed by atoms with Gasteiger partial charge in [0.05, 0.1) is 6.54 Å². The van der Waals surface area contributed by atoms with E-state index in [0.717, 1.165) is 28.4 Å². The van der Waals surface area contributed by atoms with Crippen molar-refractivity contribution in [3.8, 4) is 11.4 Å². The van der Waals surface area contributed by atoms with Gasteiger partial charge in [-0.2, -0.15) is 0 Å². The third-order valence-electron chi connectivity index (χ3n) is 4.16. The number of aromatic nitrogens is 3. The molecule has 1 aliphatic rings. The minimum atomic E-state index is -0.0572. The number of nitrogens with zero attached hydrogens (tertiary/aromatic N) is 3. The number of rotatable bonds is 4. The molecule has 2 aromatic carbocycles. The molecule has 0 amide bonds. The van der Waals surface area contributed by atoms with Gasteiger partial charge in [0.2, 0.25) is 0 Å². The molecule has 4 nitrogen and oxygen atoms in total. The topological polar surface area (TPSA) is 39.8 Å². The number of halogens is 2. The maximum atomic E-state index is 12.8. The summed E-state index contributed by atoms with van der Waals surface area (Å²) in [5, 5.41) is 5.28. The van der Waals surface area contributed by atoms with E-state index in [0.29, 0.717) is 17.4 Å². The van der Waals surface area contributed by atoms with Crippen LogP contribution in [0.15, 0.2) is 57.8 Å². The van der Waals surface area contributed by atoms with Crippen LogP contribution in [-0.4, -0.2) is 14.3 Å². The van der Waals surface area contributed by atoms with E-state index in [1.54, 1.807) is 4.68 Å². The van der Waals surface area contributed by atoms with Crippen LogP contribution in [0.4, 0.5) is 0 Å². The van der Waals surface area contributed by atoms with Crippen LogP contribution in [0.1, 0.15) is 24.4 Å². The Kier molecular flexibility index (Phi) is 4.06. The summed E-state index contributed by atoms with van der Waals surface area (Å²) in [7, 11) is 0. The smallest absolute Gasteiger partial charge is 0.272 e. The van der Waals surface area contributed by atoms with Gasteiger partial charge in [0.25, 0.3) is 0 Å². The Hall–Kier alpha value is -1.85. The predicted molar refractivity (Wildman–Crippen MR) is 98.4 cm³/mol. The highest BCUT2D eigenvalue weighted by atomic mass is 79.9. The standard InChI is InChI=1S/C18H15BrClN3O/c19-16-4-2-1-3-13(16)11-22-18(24)23(15-9-10-15)17(21-22)12-5-7-14(20)8-6-12/h1-8,15H,9-11H2. The molecule has 0 bridgehead atoms. The van der Waals surface area contributed by atoms with Crippen LogP contribution in [0.25, 0.3) is 11.4 Å². The maximum Gasteiger partial charge on any atom is 0.346 e. The second-order valence-electron chi connectivity index (χ2n) is 5.96. The zero-order valence-electron chi connectivity index (χ0n) is 12.8. The summed E-state index contributed by atoms with van der Waals surface area (Å²) in [6.45, 7) is 0.445. The lowest BCUT2D eigenvalue weighted by atomic mass is 10.2. The van der Waals surface area contributed by atoms with E-state index >= 15 is 0 Å². The first-order valence-corrected chi connectivity index (χ1v) is 8.99. The SMILES string of the molecule is O=c1n(Cc2ccccc2Br)nc(-c2ccc(Cl)cc2)n1C1CC1. The van der Waals surface area contributed by atoms with Crippen LogP contribution >= 0.6 is 27.5 Å². The lowest BCUT2D eigenvalue weighted by Crippen LogP contribution is -2.25. The van der Waals surface area contributed by atoms with Crippen LogP contribution in [0.3, 0.4) is 0 Å². The Morgan fingerprint density at radius 1 is 1.12 bits per heavy atom. The monoisotopic (exact) mass is 403 g/mol. The molecular weight excluding hydrogens is 390 g/mol. The Balaban J connectivity index is 1.79. The summed E-state index contributed by atoms with van der Waals surface area (Å²) in [5.74, 6) is 0.714. The zero-order chi connectivity index (χ0) is 16.7. The Labute approximate surface area is 152 Å². The molecule has 0 radical (unpaired) electrons. The molecule has 0 saturated heterocycles. The Morgan fingerprint density at radius 2 is 1.83 bits per heavy atom. The molecule has 3 aromatic rings. The largest absolute Gasteiger partial charge is 0.346 e. The van der Waals surface area contributed by atoms with Crippen molar-refractivity contribution in [3.05, 3.63) is 74.1 Å². The third kappa shape index (κ3) is 2.94. The van der Waals surface area contributed by atoms with Gasteiger partial charge in [-0.3, -0.25) is 4.57 Å². The van der Waals surface area contributed by atoms with Gasteiger partial charge < -0.3 is 0 Å². The maximum absolute atomic E-state index is 12.8. The van der Waals surface area contributed by atoms with Crippen molar-refractivity contribution in [2.24, 2.45) is 0 Å². The third-order valence-corrected chi connectivity index (χ3v) is 5.19. The van der Waals surface area contributed by atoms with E-state index in [1.165, 1.54) is 0 Å². The zero-order valence-corrected chi connectivity index (χ0v) is 15.2. The molecule has 24 heavy (non-hydrogen) atoms. The van der Waals surface area contributed by atoms with Gasteiger partial charge in [-0.25, -0.2) is 9.48 Å². The van der Waals surface area contributed by atoms with Crippen LogP contribution in [0, 0.1) is 0 Å². The summed E-state index contributed by atoms with van der Waals surface area (Å²) >= 11 is 9.51. The van der Waals surface area contributed by atoms with Crippen molar-refractivity contribution in [2.75, 3.05) is 0 Å². The van der Waals surface area contributed by atoms with Crippen molar-refractivity contribution in [3.63, 3.8) is 0 Å². The normalized spacial score (nSPS) is 14.1. The van der Waals surface area contributed by atoms with E-state index in [-0.39, 0.29) is 11.7 Å². The van der Waals surface area contributed by atoms with Crippen LogP contribution < -0.4 is 5.69 Å². The fourth-order valence-corrected chi connectivity index (χ4v) is 3.30. The number of hydrogen-bond donors (Lipinski definition) is 0. The van der Waals surface area contributed by atoms with E-state index in [9.17, 15) is 4.79 Å². The Morgan fingerprint density at radius 3 is 2.50 bits per heavy atom. The fourth-order valence-electron chi connectivity index (χ4n) is 2.77. The van der Waals surface area contributed by atoms with Crippen molar-refractivity contribution in [1.82, 2.24) is 14.3 Å². The van der Waals surface area contributed by atoms with E-state index in [4.69, 9.17) is 11.6 Å². The van der Waals surface area contributed by atoms with Gasteiger partial charge in [-0.15, -0.1) is 5.10 Å². The molecule has 0 atom stereocenters. The average Bonchev–Trinajstić information content (AvgIpc) is 3.36. The number of hydrogen-bond acceptors (Lipinski definition) is 2. The number of benzene rings is 2. The average molecular weight is 405 g/mol. The highest BCUT2D eigenvalue weighted by Crippen LogP contribution is 2.36. The first-order chi connectivity index (χ1) is 11.6. The molecular formula is C18H15BrClN3O. The van der Waals surface area contributed by atoms with E-state index in [2.05, 4.69) is 21.0 Å². The Bertz CT molecular complexity index is 942. The quantitative estimate of drug-likeness (QED) is 0.642. The first kappa shape index (κ1) is 15.7. The van der Waals surface area contributed by atoms with Gasteiger partial charge in [0.1, 0.15) is 0 Å². The van der Waals surface area contributed by atoms with Crippen LogP contribution in [-0.2, 0) is 6.54 Å². The summed E-state index contributed by atoms with van der Waals surface area (Å²) in [6, 6.07) is 15.6. The second kappa shape index (κ2) is 6.22. The van der Waals surface area contributed by atoms with Gasteiger partial charge in [-0.1, -0.05) is 45.7 Å². The lowest BCUT2D eigenvalue weighted by molar-refractivity contribution is 0.624. The van der Waals surface area contributed by atoms with Crippen LogP contribution in [0.5, 0.6) is 0 Å². The highest BCUT2D eigenvalue weighted by molar-refractivity contribution is 9.10. The second-order valence-corrected chi connectivity index (χ2v) is 7.25. The summed E-state index contributed by atoms with van der Waals surface area (Å²) in [5.41, 5.74) is 1.88. The minimum absolute atomic E-state index is 0.0572. The van der Waals surface area contributed by atoms with Crippen molar-refractivity contribution in [2.45, 2.75) is 25.4 Å². The molecule has 0 spiro atoms. The van der Waals surface area contributed by atoms with Gasteiger partial charge >= 0.3 is 5.69 Å². The van der Waals surface area contributed by atoms with Crippen LogP contribution in [0.2, 0.25) is 5.02 Å². The molecule has 4 rings (SSSR count). The molecule has 1 aliphatic carbocycles. The molecule has 0 aliphatic heterocycles. The van der Waals surface area contributed by atoms with Gasteiger partial charge in [0.15, 0.2) is 5.82 Å². The minimum Gasteiger partial charge on any atom is -0.272 e. The summed E-state index contributed by atoms with van der Waals surface area (Å²) < 4.78 is 4.34. The van der Waals surface area contributed by atoms with Crippen molar-refractivity contribution >= 4 is 27.5 Å². The summed E-state index contributed by atoms with van der Waals surface area (Å²) in [4.78, 5) is 12.8. The van der Waals surface area contributed by atoms with Crippen molar-refractivity contribution < 1.29 is 0 Å². The summed E-state index contributed by atoms with van der Waals surface area (Å²) in [6.07, 6.45) is 2.06.